The van der Waals surface area contributed by atoms with Crippen molar-refractivity contribution in [3.05, 3.63) is 28.8 Å². The molecule has 0 aliphatic carbocycles. The molecule has 0 bridgehead atoms. The van der Waals surface area contributed by atoms with Crippen molar-refractivity contribution >= 4 is 24.0 Å². The Balaban J connectivity index is 0.000000845. The molecule has 0 radical (unpaired) electrons. The summed E-state index contributed by atoms with van der Waals surface area (Å²) in [5, 5.41) is 4.01. The summed E-state index contributed by atoms with van der Waals surface area (Å²) in [7, 11) is 0. The zero-order valence-electron chi connectivity index (χ0n) is 7.05. The second-order valence-electron chi connectivity index (χ2n) is 2.74. The number of rotatable bonds is 0. The normalized spacial score (nSPS) is 14.8. The maximum Gasteiger partial charge on any atom is 0.125 e. The highest BCUT2D eigenvalue weighted by Crippen LogP contribution is 2.26. The first-order chi connectivity index (χ1) is 5.88. The third kappa shape index (κ3) is 2.27. The van der Waals surface area contributed by atoms with Gasteiger partial charge in [0.15, 0.2) is 0 Å². The molecule has 1 aliphatic rings. The molecular formula is C9H11Cl2NO. The molecular weight excluding hydrogens is 209 g/mol. The van der Waals surface area contributed by atoms with Gasteiger partial charge in [-0.1, -0.05) is 17.7 Å². The fourth-order valence-corrected chi connectivity index (χ4v) is 1.52. The van der Waals surface area contributed by atoms with Crippen LogP contribution in [-0.4, -0.2) is 13.2 Å². The topological polar surface area (TPSA) is 21.3 Å². The maximum absolute atomic E-state index is 5.99. The number of ether oxygens (including phenoxy) is 1. The number of fused-ring (bicyclic) bond motifs is 1. The molecule has 0 aromatic heterocycles. The van der Waals surface area contributed by atoms with E-state index in [4.69, 9.17) is 16.3 Å². The van der Waals surface area contributed by atoms with Gasteiger partial charge in [-0.15, -0.1) is 12.4 Å². The zero-order chi connectivity index (χ0) is 8.39. The third-order valence-corrected chi connectivity index (χ3v) is 2.27. The molecule has 2 rings (SSSR count). The molecule has 0 saturated carbocycles. The van der Waals surface area contributed by atoms with Gasteiger partial charge in [-0.3, -0.25) is 0 Å². The lowest BCUT2D eigenvalue weighted by molar-refractivity contribution is 0.326. The van der Waals surface area contributed by atoms with Crippen LogP contribution < -0.4 is 10.1 Å². The van der Waals surface area contributed by atoms with Crippen molar-refractivity contribution in [2.75, 3.05) is 13.2 Å². The van der Waals surface area contributed by atoms with Crippen molar-refractivity contribution in [1.82, 2.24) is 5.32 Å². The Morgan fingerprint density at radius 1 is 1.38 bits per heavy atom. The molecule has 4 heteroatoms. The molecule has 13 heavy (non-hydrogen) atoms. The summed E-state index contributed by atoms with van der Waals surface area (Å²) in [5.41, 5.74) is 1.07. The Labute approximate surface area is 88.6 Å². The maximum atomic E-state index is 5.99. The van der Waals surface area contributed by atoms with E-state index >= 15 is 0 Å². The van der Waals surface area contributed by atoms with E-state index in [2.05, 4.69) is 5.32 Å². The number of hydrogen-bond donors (Lipinski definition) is 1. The van der Waals surface area contributed by atoms with Crippen LogP contribution in [-0.2, 0) is 6.54 Å². The summed E-state index contributed by atoms with van der Waals surface area (Å²) in [5.74, 6) is 0.910. The molecule has 0 atom stereocenters. The highest BCUT2D eigenvalue weighted by molar-refractivity contribution is 6.31. The van der Waals surface area contributed by atoms with Gasteiger partial charge in [-0.2, -0.15) is 0 Å². The number of hydrogen-bond acceptors (Lipinski definition) is 2. The van der Waals surface area contributed by atoms with Crippen LogP contribution in [0.3, 0.4) is 0 Å². The lowest BCUT2D eigenvalue weighted by Crippen LogP contribution is -2.16. The predicted octanol–water partition coefficient (Wildman–Crippen LogP) is 2.24. The Bertz CT molecular complexity index is 291. The highest BCUT2D eigenvalue weighted by Gasteiger charge is 2.10. The van der Waals surface area contributed by atoms with Crippen LogP contribution >= 0.6 is 24.0 Å². The van der Waals surface area contributed by atoms with E-state index in [1.165, 1.54) is 0 Å². The molecule has 1 aliphatic heterocycles. The Morgan fingerprint density at radius 2 is 2.23 bits per heavy atom. The van der Waals surface area contributed by atoms with Gasteiger partial charge in [0, 0.05) is 23.7 Å². The Hall–Kier alpha value is -0.440. The summed E-state index contributed by atoms with van der Waals surface area (Å²) >= 11 is 5.99. The second-order valence-corrected chi connectivity index (χ2v) is 3.15. The highest BCUT2D eigenvalue weighted by atomic mass is 35.5. The van der Waals surface area contributed by atoms with Crippen molar-refractivity contribution in [1.29, 1.82) is 0 Å². The Morgan fingerprint density at radius 3 is 3.08 bits per heavy atom. The van der Waals surface area contributed by atoms with E-state index in [9.17, 15) is 0 Å². The van der Waals surface area contributed by atoms with Crippen LogP contribution in [0, 0.1) is 0 Å². The molecule has 1 aromatic rings. The lowest BCUT2D eigenvalue weighted by Gasteiger charge is -2.06. The van der Waals surface area contributed by atoms with Crippen molar-refractivity contribution in [2.24, 2.45) is 0 Å². The van der Waals surface area contributed by atoms with Gasteiger partial charge in [0.1, 0.15) is 12.4 Å². The molecule has 0 unspecified atom stereocenters. The number of benzene rings is 1. The van der Waals surface area contributed by atoms with Gasteiger partial charge in [-0.25, -0.2) is 0 Å². The lowest BCUT2D eigenvalue weighted by atomic mass is 10.2. The number of nitrogens with one attached hydrogen (secondary N) is 1. The van der Waals surface area contributed by atoms with Crippen LogP contribution in [0.5, 0.6) is 5.75 Å². The molecule has 0 amide bonds. The van der Waals surface area contributed by atoms with Crippen LogP contribution in [0.15, 0.2) is 18.2 Å². The molecule has 72 valence electrons. The van der Waals surface area contributed by atoms with Crippen molar-refractivity contribution in [2.45, 2.75) is 6.54 Å². The summed E-state index contributed by atoms with van der Waals surface area (Å²) in [6, 6.07) is 5.75. The van der Waals surface area contributed by atoms with E-state index in [1.807, 2.05) is 18.2 Å². The van der Waals surface area contributed by atoms with E-state index in [1.54, 1.807) is 0 Å². The third-order valence-electron chi connectivity index (χ3n) is 1.91. The predicted molar refractivity (Wildman–Crippen MR) is 55.9 cm³/mol. The average Bonchev–Trinajstić information content (AvgIpc) is 2.30. The van der Waals surface area contributed by atoms with Gasteiger partial charge < -0.3 is 10.1 Å². The van der Waals surface area contributed by atoms with Gasteiger partial charge in [0.05, 0.1) is 0 Å². The van der Waals surface area contributed by atoms with Crippen molar-refractivity contribution < 1.29 is 4.74 Å². The number of halogens is 2. The van der Waals surface area contributed by atoms with E-state index < -0.39 is 0 Å². The van der Waals surface area contributed by atoms with Crippen molar-refractivity contribution in [3.63, 3.8) is 0 Å². The average molecular weight is 220 g/mol. The van der Waals surface area contributed by atoms with Gasteiger partial charge in [0.2, 0.25) is 0 Å². The molecule has 1 N–H and O–H groups in total. The quantitative estimate of drug-likeness (QED) is 0.723. The molecule has 0 saturated heterocycles. The molecule has 0 spiro atoms. The largest absolute Gasteiger partial charge is 0.492 e. The van der Waals surface area contributed by atoms with Crippen molar-refractivity contribution in [3.8, 4) is 5.75 Å². The standard InChI is InChI=1S/C9H10ClNO.ClH/c10-8-2-1-3-9-7(8)6-11-4-5-12-9;/h1-3,11H,4-6H2;1H. The first-order valence-corrected chi connectivity index (χ1v) is 4.36. The summed E-state index contributed by atoms with van der Waals surface area (Å²) in [6.45, 7) is 2.40. The zero-order valence-corrected chi connectivity index (χ0v) is 8.62. The molecule has 2 nitrogen and oxygen atoms in total. The smallest absolute Gasteiger partial charge is 0.125 e. The SMILES string of the molecule is Cl.Clc1cccc2c1CNCCO2. The van der Waals surface area contributed by atoms with E-state index in [0.29, 0.717) is 6.61 Å². The fraction of sp³-hybridized carbons (Fsp3) is 0.333. The van der Waals surface area contributed by atoms with Gasteiger partial charge in [-0.05, 0) is 12.1 Å². The first-order valence-electron chi connectivity index (χ1n) is 3.99. The van der Waals surface area contributed by atoms with E-state index in [0.717, 1.165) is 29.4 Å². The molecule has 1 heterocycles. The van der Waals surface area contributed by atoms with E-state index in [-0.39, 0.29) is 12.4 Å². The summed E-state index contributed by atoms with van der Waals surface area (Å²) in [6.07, 6.45) is 0. The summed E-state index contributed by atoms with van der Waals surface area (Å²) < 4.78 is 5.48. The van der Waals surface area contributed by atoms with Gasteiger partial charge in [0.25, 0.3) is 0 Å². The van der Waals surface area contributed by atoms with Crippen LogP contribution in [0.25, 0.3) is 0 Å². The van der Waals surface area contributed by atoms with Crippen LogP contribution in [0.4, 0.5) is 0 Å². The minimum absolute atomic E-state index is 0. The van der Waals surface area contributed by atoms with Crippen LogP contribution in [0.2, 0.25) is 5.02 Å². The minimum Gasteiger partial charge on any atom is -0.492 e. The van der Waals surface area contributed by atoms with Crippen LogP contribution in [0.1, 0.15) is 5.56 Å². The fourth-order valence-electron chi connectivity index (χ4n) is 1.29. The first kappa shape index (κ1) is 10.6. The summed E-state index contributed by atoms with van der Waals surface area (Å²) in [4.78, 5) is 0. The molecule has 0 fully saturated rings. The second kappa shape index (κ2) is 4.70. The monoisotopic (exact) mass is 219 g/mol. The molecule has 1 aromatic carbocycles. The van der Waals surface area contributed by atoms with Gasteiger partial charge >= 0.3 is 0 Å². The minimum atomic E-state index is 0. The Kier molecular flexibility index (Phi) is 3.85.